The minimum Gasteiger partial charge on any atom is -0.365 e. The molecule has 0 saturated heterocycles. The predicted octanol–water partition coefficient (Wildman–Crippen LogP) is 4.90. The molecule has 2 aromatic heterocycles. The summed E-state index contributed by atoms with van der Waals surface area (Å²) in [6.07, 6.45) is 2.30. The Morgan fingerprint density at radius 1 is 1.00 bits per heavy atom. The van der Waals surface area contributed by atoms with Crippen LogP contribution in [0.1, 0.15) is 35.7 Å². The average molecular weight is 465 g/mol. The Kier molecular flexibility index (Phi) is 5.67. The van der Waals surface area contributed by atoms with Crippen LogP contribution in [0, 0.1) is 0 Å². The number of thiophene rings is 1. The van der Waals surface area contributed by atoms with Crippen molar-refractivity contribution in [1.82, 2.24) is 14.7 Å². The molecule has 8 heteroatoms. The number of nitrogens with one attached hydrogen (secondary N) is 2. The first kappa shape index (κ1) is 21.1. The van der Waals surface area contributed by atoms with Crippen LogP contribution < -0.4 is 10.0 Å². The summed E-state index contributed by atoms with van der Waals surface area (Å²) < 4.78 is 25.9. The summed E-state index contributed by atoms with van der Waals surface area (Å²) in [7, 11) is -1.85. The van der Waals surface area contributed by atoms with Gasteiger partial charge in [-0.2, -0.15) is 0 Å². The molecule has 0 unspecified atom stereocenters. The molecule has 5 rings (SSSR count). The Labute approximate surface area is 191 Å². The van der Waals surface area contributed by atoms with E-state index in [4.69, 9.17) is 9.97 Å². The largest absolute Gasteiger partial charge is 0.365 e. The molecule has 6 nitrogen and oxygen atoms in total. The Hall–Kier alpha value is -2.81. The minimum atomic E-state index is -3.28. The van der Waals surface area contributed by atoms with Crippen molar-refractivity contribution >= 4 is 37.4 Å². The van der Waals surface area contributed by atoms with Gasteiger partial charge in [0.15, 0.2) is 0 Å². The molecule has 32 heavy (non-hydrogen) atoms. The molecule has 0 amide bonds. The lowest BCUT2D eigenvalue weighted by atomic mass is 10.1. The zero-order valence-electron chi connectivity index (χ0n) is 17.7. The van der Waals surface area contributed by atoms with E-state index in [1.54, 1.807) is 11.3 Å². The lowest BCUT2D eigenvalue weighted by molar-refractivity contribution is 0.587. The van der Waals surface area contributed by atoms with Crippen LogP contribution in [0.15, 0.2) is 60.0 Å². The molecule has 1 aliphatic rings. The first-order valence-corrected chi connectivity index (χ1v) is 13.1. The Balaban J connectivity index is 1.43. The van der Waals surface area contributed by atoms with Crippen LogP contribution >= 0.6 is 11.3 Å². The zero-order chi connectivity index (χ0) is 22.1. The summed E-state index contributed by atoms with van der Waals surface area (Å²) in [5.74, 6) is 2.23. The third-order valence-electron chi connectivity index (χ3n) is 5.63. The molecular formula is C24H24N4O2S2. The van der Waals surface area contributed by atoms with Crippen LogP contribution in [0.3, 0.4) is 0 Å². The number of sulfonamides is 1. The topological polar surface area (TPSA) is 84.0 Å². The summed E-state index contributed by atoms with van der Waals surface area (Å²) in [6, 6.07) is 18.0. The number of rotatable bonds is 8. The van der Waals surface area contributed by atoms with Gasteiger partial charge in [0.25, 0.3) is 0 Å². The normalized spacial score (nSPS) is 14.0. The van der Waals surface area contributed by atoms with Gasteiger partial charge in [0.05, 0.1) is 11.1 Å². The van der Waals surface area contributed by atoms with Gasteiger partial charge in [-0.25, -0.2) is 23.1 Å². The van der Waals surface area contributed by atoms with Gasteiger partial charge in [0.2, 0.25) is 10.0 Å². The van der Waals surface area contributed by atoms with Crippen LogP contribution in [0.5, 0.6) is 0 Å². The summed E-state index contributed by atoms with van der Waals surface area (Å²) >= 11 is 1.66. The molecule has 0 spiro atoms. The second kappa shape index (κ2) is 8.61. The van der Waals surface area contributed by atoms with Crippen LogP contribution in [-0.4, -0.2) is 25.4 Å². The molecule has 2 heterocycles. The van der Waals surface area contributed by atoms with Gasteiger partial charge in [-0.05, 0) is 36.6 Å². The third kappa shape index (κ3) is 4.53. The highest BCUT2D eigenvalue weighted by Gasteiger charge is 2.28. The molecule has 0 aliphatic heterocycles. The van der Waals surface area contributed by atoms with Gasteiger partial charge in [0.1, 0.15) is 16.5 Å². The summed E-state index contributed by atoms with van der Waals surface area (Å²) in [5, 5.41) is 6.75. The van der Waals surface area contributed by atoms with Crippen molar-refractivity contribution in [2.75, 3.05) is 12.4 Å². The van der Waals surface area contributed by atoms with Crippen LogP contribution in [0.2, 0.25) is 0 Å². The van der Waals surface area contributed by atoms with E-state index in [1.165, 1.54) is 7.05 Å². The molecule has 2 aromatic carbocycles. The molecular weight excluding hydrogens is 440 g/mol. The van der Waals surface area contributed by atoms with Gasteiger partial charge < -0.3 is 5.32 Å². The zero-order valence-corrected chi connectivity index (χ0v) is 19.3. The lowest BCUT2D eigenvalue weighted by Crippen LogP contribution is -2.20. The second-order valence-corrected chi connectivity index (χ2v) is 10.8. The predicted molar refractivity (Wildman–Crippen MR) is 130 cm³/mol. The Morgan fingerprint density at radius 3 is 2.41 bits per heavy atom. The van der Waals surface area contributed by atoms with E-state index in [0.717, 1.165) is 57.0 Å². The maximum atomic E-state index is 11.8. The number of nitrogens with zero attached hydrogens (tertiary/aromatic N) is 2. The lowest BCUT2D eigenvalue weighted by Gasteiger charge is -2.11. The number of anilines is 1. The monoisotopic (exact) mass is 464 g/mol. The van der Waals surface area contributed by atoms with E-state index in [2.05, 4.69) is 27.6 Å². The van der Waals surface area contributed by atoms with Gasteiger partial charge in [-0.3, -0.25) is 0 Å². The molecule has 0 atom stereocenters. The molecule has 2 N–H and O–H groups in total. The van der Waals surface area contributed by atoms with Crippen LogP contribution in [0.25, 0.3) is 21.3 Å². The first-order chi connectivity index (χ1) is 15.5. The van der Waals surface area contributed by atoms with E-state index in [-0.39, 0.29) is 5.75 Å². The maximum absolute atomic E-state index is 11.8. The number of fused-ring (bicyclic) bond motifs is 1. The Morgan fingerprint density at radius 2 is 1.72 bits per heavy atom. The van der Waals surface area contributed by atoms with Gasteiger partial charge in [0, 0.05) is 23.4 Å². The first-order valence-electron chi connectivity index (χ1n) is 10.6. The van der Waals surface area contributed by atoms with Crippen molar-refractivity contribution in [3.63, 3.8) is 0 Å². The average Bonchev–Trinajstić information content (AvgIpc) is 3.58. The van der Waals surface area contributed by atoms with Gasteiger partial charge >= 0.3 is 0 Å². The van der Waals surface area contributed by atoms with E-state index in [0.29, 0.717) is 12.5 Å². The highest BCUT2D eigenvalue weighted by Crippen LogP contribution is 2.42. The number of hydrogen-bond donors (Lipinski definition) is 2. The molecule has 4 aromatic rings. The summed E-state index contributed by atoms with van der Waals surface area (Å²) in [6.45, 7) is 0.597. The van der Waals surface area contributed by atoms with Crippen molar-refractivity contribution in [2.24, 2.45) is 0 Å². The molecule has 0 radical (unpaired) electrons. The van der Waals surface area contributed by atoms with E-state index >= 15 is 0 Å². The highest BCUT2D eigenvalue weighted by molar-refractivity contribution is 7.88. The standard InChI is InChI=1S/C24H24N4O2S2/c1-25-32(29,30)15-17-9-7-16(8-10-17)13-26-23-21-20(18-5-3-2-4-6-18)14-31-24(21)28-22(27-23)19-11-12-19/h2-10,14,19,25H,11-13,15H2,1H3,(H,26,27,28). The van der Waals surface area contributed by atoms with Gasteiger partial charge in [-0.1, -0.05) is 54.6 Å². The third-order valence-corrected chi connectivity index (χ3v) is 7.84. The molecule has 0 bridgehead atoms. The molecule has 164 valence electrons. The van der Waals surface area contributed by atoms with Crippen LogP contribution in [0.4, 0.5) is 5.82 Å². The fourth-order valence-corrected chi connectivity index (χ4v) is 5.40. The van der Waals surface area contributed by atoms with Crippen molar-refractivity contribution in [2.45, 2.75) is 31.1 Å². The van der Waals surface area contributed by atoms with E-state index in [1.807, 2.05) is 42.5 Å². The van der Waals surface area contributed by atoms with Crippen molar-refractivity contribution in [3.05, 3.63) is 76.9 Å². The fourth-order valence-electron chi connectivity index (χ4n) is 3.67. The van der Waals surface area contributed by atoms with Crippen molar-refractivity contribution < 1.29 is 8.42 Å². The maximum Gasteiger partial charge on any atom is 0.215 e. The number of hydrogen-bond acceptors (Lipinski definition) is 6. The van der Waals surface area contributed by atoms with E-state index < -0.39 is 10.0 Å². The molecule has 1 saturated carbocycles. The SMILES string of the molecule is CNS(=O)(=O)Cc1ccc(CNc2nc(C3CC3)nc3scc(-c4ccccc4)c23)cc1. The summed E-state index contributed by atoms with van der Waals surface area (Å²) in [4.78, 5) is 10.8. The smallest absolute Gasteiger partial charge is 0.215 e. The minimum absolute atomic E-state index is 0.0240. The van der Waals surface area contributed by atoms with E-state index in [9.17, 15) is 8.42 Å². The number of aromatic nitrogens is 2. The van der Waals surface area contributed by atoms with Crippen molar-refractivity contribution in [3.8, 4) is 11.1 Å². The highest BCUT2D eigenvalue weighted by atomic mass is 32.2. The second-order valence-electron chi connectivity index (χ2n) is 8.03. The number of benzene rings is 2. The quantitative estimate of drug-likeness (QED) is 0.388. The summed E-state index contributed by atoms with van der Waals surface area (Å²) in [5.41, 5.74) is 4.11. The van der Waals surface area contributed by atoms with Gasteiger partial charge in [-0.15, -0.1) is 11.3 Å². The van der Waals surface area contributed by atoms with Crippen molar-refractivity contribution in [1.29, 1.82) is 0 Å². The Bertz CT molecular complexity index is 1350. The fraction of sp³-hybridized carbons (Fsp3) is 0.250. The van der Waals surface area contributed by atoms with Crippen LogP contribution in [-0.2, 0) is 22.3 Å². The molecule has 1 fully saturated rings. The molecule has 1 aliphatic carbocycles.